The Labute approximate surface area is 73.8 Å². The molecule has 70 valence electrons. The Kier molecular flexibility index (Phi) is 2.92. The van der Waals surface area contributed by atoms with Crippen LogP contribution in [0, 0.1) is 0 Å². The molecule has 4 nitrogen and oxygen atoms in total. The molecule has 1 aliphatic rings. The van der Waals surface area contributed by atoms with E-state index in [-0.39, 0.29) is 0 Å². The third kappa shape index (κ3) is 2.37. The van der Waals surface area contributed by atoms with Gasteiger partial charge < -0.3 is 4.90 Å². The molecule has 1 rings (SSSR count). The van der Waals surface area contributed by atoms with Crippen LogP contribution in [0.3, 0.4) is 0 Å². The first-order valence-corrected chi connectivity index (χ1v) is 4.42. The monoisotopic (exact) mass is 170 g/mol. The minimum Gasteiger partial charge on any atom is -0.343 e. The molecule has 0 heterocycles. The van der Waals surface area contributed by atoms with Gasteiger partial charge in [0.15, 0.2) is 0 Å². The zero-order valence-corrected chi connectivity index (χ0v) is 8.04. The smallest absolute Gasteiger partial charge is 0.208 e. The van der Waals surface area contributed by atoms with E-state index in [1.54, 1.807) is 0 Å². The van der Waals surface area contributed by atoms with Gasteiger partial charge in [-0.3, -0.25) is 5.43 Å². The summed E-state index contributed by atoms with van der Waals surface area (Å²) >= 11 is 0. The molecule has 0 spiro atoms. The maximum atomic E-state index is 5.37. The van der Waals surface area contributed by atoms with E-state index in [0.29, 0.717) is 12.1 Å². The summed E-state index contributed by atoms with van der Waals surface area (Å²) in [6, 6.07) is 0.941. The highest BCUT2D eigenvalue weighted by atomic mass is 15.4. The summed E-state index contributed by atoms with van der Waals surface area (Å²) in [5, 5.41) is 0. The average Bonchev–Trinajstić information content (AvgIpc) is 2.82. The maximum absolute atomic E-state index is 5.37. The van der Waals surface area contributed by atoms with E-state index in [2.05, 4.69) is 24.3 Å². The molecule has 4 heteroatoms. The fourth-order valence-corrected chi connectivity index (χ4v) is 0.851. The van der Waals surface area contributed by atoms with Gasteiger partial charge in [-0.15, -0.1) is 0 Å². The van der Waals surface area contributed by atoms with Gasteiger partial charge in [0.2, 0.25) is 5.96 Å². The molecule has 0 unspecified atom stereocenters. The second-order valence-electron chi connectivity index (χ2n) is 3.53. The number of guanidine groups is 1. The molecule has 12 heavy (non-hydrogen) atoms. The van der Waals surface area contributed by atoms with E-state index in [0.717, 1.165) is 5.96 Å². The van der Waals surface area contributed by atoms with Gasteiger partial charge in [0, 0.05) is 13.1 Å². The molecule has 1 fully saturated rings. The number of nitrogens with two attached hydrogens (primary N) is 1. The minimum absolute atomic E-state index is 0.429. The maximum Gasteiger partial charge on any atom is 0.208 e. The van der Waals surface area contributed by atoms with Crippen molar-refractivity contribution in [2.75, 3.05) is 7.05 Å². The third-order valence-corrected chi connectivity index (χ3v) is 2.09. The van der Waals surface area contributed by atoms with Crippen molar-refractivity contribution in [3.8, 4) is 0 Å². The predicted octanol–water partition coefficient (Wildman–Crippen LogP) is 0.308. The average molecular weight is 170 g/mol. The highest BCUT2D eigenvalue weighted by molar-refractivity contribution is 5.79. The van der Waals surface area contributed by atoms with Crippen molar-refractivity contribution in [2.45, 2.75) is 38.8 Å². The highest BCUT2D eigenvalue weighted by Gasteiger charge is 2.22. The Balaban J connectivity index is 2.53. The van der Waals surface area contributed by atoms with Crippen LogP contribution in [0.2, 0.25) is 0 Å². The molecular formula is C8H18N4. The fraction of sp³-hybridized carbons (Fsp3) is 0.875. The number of rotatable bonds is 2. The van der Waals surface area contributed by atoms with Crippen molar-refractivity contribution in [3.05, 3.63) is 0 Å². The van der Waals surface area contributed by atoms with Crippen LogP contribution in [0.1, 0.15) is 26.7 Å². The first kappa shape index (κ1) is 9.32. The standard InChI is InChI=1S/C8H18N4/c1-6(2)12(3)8(11-9)10-7-4-5-7/h6-7H,4-5,9H2,1-3H3,(H,10,11). The van der Waals surface area contributed by atoms with Crippen LogP contribution >= 0.6 is 0 Å². The molecular weight excluding hydrogens is 152 g/mol. The molecule has 0 aliphatic heterocycles. The summed E-state index contributed by atoms with van der Waals surface area (Å²) in [5.41, 5.74) is 2.63. The molecule has 0 aromatic rings. The first-order chi connectivity index (χ1) is 5.65. The zero-order valence-electron chi connectivity index (χ0n) is 8.04. The second-order valence-corrected chi connectivity index (χ2v) is 3.53. The number of hydrazine groups is 1. The summed E-state index contributed by atoms with van der Waals surface area (Å²) < 4.78 is 0. The van der Waals surface area contributed by atoms with Crippen molar-refractivity contribution in [1.29, 1.82) is 0 Å². The summed E-state index contributed by atoms with van der Waals surface area (Å²) in [6.07, 6.45) is 2.41. The Bertz CT molecular complexity index is 172. The van der Waals surface area contributed by atoms with Crippen molar-refractivity contribution in [3.63, 3.8) is 0 Å². The van der Waals surface area contributed by atoms with Gasteiger partial charge in [-0.25, -0.2) is 10.8 Å². The summed E-state index contributed by atoms with van der Waals surface area (Å²) in [7, 11) is 1.99. The van der Waals surface area contributed by atoms with E-state index in [1.807, 2.05) is 11.9 Å². The van der Waals surface area contributed by atoms with Gasteiger partial charge in [-0.2, -0.15) is 0 Å². The summed E-state index contributed by atoms with van der Waals surface area (Å²) in [6.45, 7) is 4.22. The Morgan fingerprint density at radius 3 is 2.50 bits per heavy atom. The molecule has 0 atom stereocenters. The number of nitrogens with zero attached hydrogens (tertiary/aromatic N) is 2. The molecule has 0 saturated heterocycles. The van der Waals surface area contributed by atoms with E-state index in [4.69, 9.17) is 5.84 Å². The first-order valence-electron chi connectivity index (χ1n) is 4.42. The largest absolute Gasteiger partial charge is 0.343 e. The third-order valence-electron chi connectivity index (χ3n) is 2.09. The number of nitrogens with one attached hydrogen (secondary N) is 1. The SMILES string of the molecule is CC(C)N(C)C(=NC1CC1)NN. The Morgan fingerprint density at radius 2 is 2.17 bits per heavy atom. The zero-order chi connectivity index (χ0) is 9.14. The van der Waals surface area contributed by atoms with Gasteiger partial charge in [-0.05, 0) is 26.7 Å². The Hall–Kier alpha value is -0.770. The van der Waals surface area contributed by atoms with Crippen LogP contribution < -0.4 is 11.3 Å². The van der Waals surface area contributed by atoms with Crippen LogP contribution in [0.5, 0.6) is 0 Å². The normalized spacial score (nSPS) is 18.2. The van der Waals surface area contributed by atoms with Crippen molar-refractivity contribution < 1.29 is 0 Å². The number of hydrogen-bond donors (Lipinski definition) is 2. The lowest BCUT2D eigenvalue weighted by Gasteiger charge is -2.24. The molecule has 0 radical (unpaired) electrons. The van der Waals surface area contributed by atoms with E-state index >= 15 is 0 Å². The molecule has 0 aromatic heterocycles. The van der Waals surface area contributed by atoms with Gasteiger partial charge >= 0.3 is 0 Å². The molecule has 0 amide bonds. The van der Waals surface area contributed by atoms with Crippen LogP contribution in [0.4, 0.5) is 0 Å². The lowest BCUT2D eigenvalue weighted by Crippen LogP contribution is -2.45. The Morgan fingerprint density at radius 1 is 1.58 bits per heavy atom. The second kappa shape index (κ2) is 3.76. The number of hydrogen-bond acceptors (Lipinski definition) is 2. The molecule has 0 aromatic carbocycles. The van der Waals surface area contributed by atoms with Crippen molar-refractivity contribution >= 4 is 5.96 Å². The van der Waals surface area contributed by atoms with Gasteiger partial charge in [-0.1, -0.05) is 0 Å². The molecule has 1 saturated carbocycles. The predicted molar refractivity (Wildman–Crippen MR) is 50.7 cm³/mol. The minimum atomic E-state index is 0.429. The van der Waals surface area contributed by atoms with Gasteiger partial charge in [0.1, 0.15) is 0 Å². The van der Waals surface area contributed by atoms with Crippen molar-refractivity contribution in [2.24, 2.45) is 10.8 Å². The van der Waals surface area contributed by atoms with Crippen LogP contribution in [-0.2, 0) is 0 Å². The lowest BCUT2D eigenvalue weighted by atomic mass is 10.4. The fourth-order valence-electron chi connectivity index (χ4n) is 0.851. The summed E-state index contributed by atoms with van der Waals surface area (Å²) in [4.78, 5) is 6.47. The van der Waals surface area contributed by atoms with E-state index in [9.17, 15) is 0 Å². The lowest BCUT2D eigenvalue weighted by molar-refractivity contribution is 0.401. The topological polar surface area (TPSA) is 53.6 Å². The summed E-state index contributed by atoms with van der Waals surface area (Å²) in [5.74, 6) is 6.16. The van der Waals surface area contributed by atoms with E-state index < -0.39 is 0 Å². The molecule has 1 aliphatic carbocycles. The number of aliphatic imine (C=N–C) groups is 1. The van der Waals surface area contributed by atoms with E-state index in [1.165, 1.54) is 12.8 Å². The molecule has 3 N–H and O–H groups in total. The van der Waals surface area contributed by atoms with Gasteiger partial charge in [0.25, 0.3) is 0 Å². The van der Waals surface area contributed by atoms with Gasteiger partial charge in [0.05, 0.1) is 6.04 Å². The van der Waals surface area contributed by atoms with Crippen LogP contribution in [-0.4, -0.2) is 30.0 Å². The quantitative estimate of drug-likeness (QED) is 0.271. The highest BCUT2D eigenvalue weighted by Crippen LogP contribution is 2.23. The van der Waals surface area contributed by atoms with Crippen molar-refractivity contribution in [1.82, 2.24) is 10.3 Å². The molecule has 0 bridgehead atoms. The van der Waals surface area contributed by atoms with Crippen LogP contribution in [0.15, 0.2) is 4.99 Å². The van der Waals surface area contributed by atoms with Crippen LogP contribution in [0.25, 0.3) is 0 Å².